The van der Waals surface area contributed by atoms with Crippen molar-refractivity contribution in [2.24, 2.45) is 5.14 Å². The lowest BCUT2D eigenvalue weighted by atomic mass is 10.3. The lowest BCUT2D eigenvalue weighted by molar-refractivity contribution is 0.262. The van der Waals surface area contributed by atoms with Gasteiger partial charge in [0.25, 0.3) is 0 Å². The minimum atomic E-state index is -3.97. The van der Waals surface area contributed by atoms with Gasteiger partial charge in [0.2, 0.25) is 10.0 Å². The zero-order valence-corrected chi connectivity index (χ0v) is 14.4. The first-order valence-corrected chi connectivity index (χ1v) is 8.71. The van der Waals surface area contributed by atoms with E-state index in [-0.39, 0.29) is 31.3 Å². The lowest BCUT2D eigenvalue weighted by Crippen LogP contribution is -2.22. The van der Waals surface area contributed by atoms with Crippen molar-refractivity contribution in [3.63, 3.8) is 0 Å². The van der Waals surface area contributed by atoms with Gasteiger partial charge in [-0.3, -0.25) is 0 Å². The Morgan fingerprint density at radius 3 is 2.13 bits per heavy atom. The van der Waals surface area contributed by atoms with Gasteiger partial charge in [0.05, 0.1) is 20.8 Å². The molecule has 23 heavy (non-hydrogen) atoms. The number of halogens is 3. The summed E-state index contributed by atoms with van der Waals surface area (Å²) in [5.41, 5.74) is 0.327. The van der Waals surface area contributed by atoms with Gasteiger partial charge in [-0.1, -0.05) is 46.9 Å². The molecule has 0 unspecified atom stereocenters. The standard InChI is InChI=1S/C13H10Cl3N3O3S/c14-8-5-7(6-9(15)12(8)16)18-13(20)19-10-3-1-2-4-11(10)23(17,21)22/h1-6H,(H2,17,21,22)(H2,18,19,20). The molecular formula is C13H10Cl3N3O3S. The largest absolute Gasteiger partial charge is 0.323 e. The van der Waals surface area contributed by atoms with Gasteiger partial charge in [-0.2, -0.15) is 0 Å². The first-order valence-electron chi connectivity index (χ1n) is 6.03. The molecule has 0 aliphatic rings. The third-order valence-electron chi connectivity index (χ3n) is 2.68. The van der Waals surface area contributed by atoms with Gasteiger partial charge in [-0.15, -0.1) is 0 Å². The number of amides is 2. The summed E-state index contributed by atoms with van der Waals surface area (Å²) in [6.45, 7) is 0. The number of nitrogens with one attached hydrogen (secondary N) is 2. The van der Waals surface area contributed by atoms with Crippen LogP contribution in [0.5, 0.6) is 0 Å². The maximum atomic E-state index is 12.0. The summed E-state index contributed by atoms with van der Waals surface area (Å²) >= 11 is 17.5. The van der Waals surface area contributed by atoms with Crippen LogP contribution in [0, 0.1) is 0 Å². The molecule has 2 rings (SSSR count). The van der Waals surface area contributed by atoms with Gasteiger partial charge in [0.1, 0.15) is 4.90 Å². The molecule has 0 heterocycles. The summed E-state index contributed by atoms with van der Waals surface area (Å²) in [4.78, 5) is 11.8. The molecule has 2 amide bonds. The van der Waals surface area contributed by atoms with Crippen LogP contribution in [0.3, 0.4) is 0 Å². The van der Waals surface area contributed by atoms with Crippen LogP contribution in [0.2, 0.25) is 15.1 Å². The van der Waals surface area contributed by atoms with E-state index in [2.05, 4.69) is 10.6 Å². The minimum Gasteiger partial charge on any atom is -0.308 e. The second-order valence-corrected chi connectivity index (χ2v) is 7.10. The third-order valence-corrected chi connectivity index (χ3v) is 4.85. The molecule has 0 fully saturated rings. The number of urea groups is 1. The number of para-hydroxylation sites is 1. The number of hydrogen-bond donors (Lipinski definition) is 3. The molecule has 0 spiro atoms. The maximum absolute atomic E-state index is 12.0. The molecule has 0 atom stereocenters. The van der Waals surface area contributed by atoms with Crippen LogP contribution in [0.1, 0.15) is 0 Å². The minimum absolute atomic E-state index is 0.0404. The molecule has 0 saturated heterocycles. The topological polar surface area (TPSA) is 101 Å². The molecule has 2 aromatic rings. The Morgan fingerprint density at radius 1 is 1.00 bits per heavy atom. The molecule has 4 N–H and O–H groups in total. The van der Waals surface area contributed by atoms with E-state index in [1.165, 1.54) is 30.3 Å². The maximum Gasteiger partial charge on any atom is 0.323 e. The van der Waals surface area contributed by atoms with Crippen LogP contribution in [0.15, 0.2) is 41.3 Å². The number of carbonyl (C=O) groups excluding carboxylic acids is 1. The van der Waals surface area contributed by atoms with Crippen LogP contribution in [-0.2, 0) is 10.0 Å². The Hall–Kier alpha value is -1.51. The highest BCUT2D eigenvalue weighted by Crippen LogP contribution is 2.33. The molecule has 0 radical (unpaired) electrons. The number of nitrogens with two attached hydrogens (primary N) is 1. The quantitative estimate of drug-likeness (QED) is 0.687. The summed E-state index contributed by atoms with van der Waals surface area (Å²) in [5, 5.41) is 10.4. The van der Waals surface area contributed by atoms with Gasteiger partial charge >= 0.3 is 6.03 Å². The Morgan fingerprint density at radius 2 is 1.57 bits per heavy atom. The van der Waals surface area contributed by atoms with Gasteiger partial charge in [-0.05, 0) is 24.3 Å². The van der Waals surface area contributed by atoms with Crippen molar-refractivity contribution in [3.8, 4) is 0 Å². The second-order valence-electron chi connectivity index (χ2n) is 4.37. The number of hydrogen-bond acceptors (Lipinski definition) is 3. The zero-order chi connectivity index (χ0) is 17.2. The fourth-order valence-electron chi connectivity index (χ4n) is 1.73. The predicted octanol–water partition coefficient (Wildman–Crippen LogP) is 3.94. The van der Waals surface area contributed by atoms with E-state index in [4.69, 9.17) is 39.9 Å². The van der Waals surface area contributed by atoms with Crippen molar-refractivity contribution >= 4 is 62.2 Å². The van der Waals surface area contributed by atoms with Crippen LogP contribution < -0.4 is 15.8 Å². The van der Waals surface area contributed by atoms with Crippen molar-refractivity contribution in [2.45, 2.75) is 4.90 Å². The highest BCUT2D eigenvalue weighted by atomic mass is 35.5. The fourth-order valence-corrected chi connectivity index (χ4v) is 3.02. The van der Waals surface area contributed by atoms with Crippen molar-refractivity contribution < 1.29 is 13.2 Å². The molecule has 6 nitrogen and oxygen atoms in total. The molecule has 0 aromatic heterocycles. The molecule has 2 aromatic carbocycles. The lowest BCUT2D eigenvalue weighted by Gasteiger charge is -2.11. The second kappa shape index (κ2) is 6.94. The Bertz CT molecular complexity index is 849. The van der Waals surface area contributed by atoms with E-state index in [1.807, 2.05) is 0 Å². The summed E-state index contributed by atoms with van der Waals surface area (Å²) in [7, 11) is -3.97. The summed E-state index contributed by atoms with van der Waals surface area (Å²) < 4.78 is 23.0. The third kappa shape index (κ3) is 4.49. The van der Waals surface area contributed by atoms with Crippen LogP contribution in [-0.4, -0.2) is 14.4 Å². The average Bonchev–Trinajstić information content (AvgIpc) is 2.44. The molecule has 0 aliphatic carbocycles. The first-order chi connectivity index (χ1) is 10.7. The zero-order valence-electron chi connectivity index (χ0n) is 11.3. The molecule has 10 heteroatoms. The number of primary sulfonamides is 1. The van der Waals surface area contributed by atoms with E-state index in [9.17, 15) is 13.2 Å². The highest BCUT2D eigenvalue weighted by molar-refractivity contribution is 7.89. The van der Waals surface area contributed by atoms with E-state index < -0.39 is 16.1 Å². The van der Waals surface area contributed by atoms with Gasteiger partial charge in [-0.25, -0.2) is 18.4 Å². The first kappa shape index (κ1) is 17.8. The monoisotopic (exact) mass is 393 g/mol. The smallest absolute Gasteiger partial charge is 0.308 e. The summed E-state index contributed by atoms with van der Waals surface area (Å²) in [6, 6.07) is 7.84. The van der Waals surface area contributed by atoms with Gasteiger partial charge < -0.3 is 10.6 Å². The van der Waals surface area contributed by atoms with Crippen LogP contribution in [0.4, 0.5) is 16.2 Å². The van der Waals surface area contributed by atoms with E-state index >= 15 is 0 Å². The van der Waals surface area contributed by atoms with E-state index in [0.29, 0.717) is 0 Å². The van der Waals surface area contributed by atoms with Crippen LogP contribution >= 0.6 is 34.8 Å². The fraction of sp³-hybridized carbons (Fsp3) is 0. The number of anilines is 2. The SMILES string of the molecule is NS(=O)(=O)c1ccccc1NC(=O)Nc1cc(Cl)c(Cl)c(Cl)c1. The Balaban J connectivity index is 2.22. The summed E-state index contributed by atoms with van der Waals surface area (Å²) in [6.07, 6.45) is 0. The Labute approximate surface area is 147 Å². The molecular weight excluding hydrogens is 385 g/mol. The molecule has 122 valence electrons. The van der Waals surface area contributed by atoms with Crippen LogP contribution in [0.25, 0.3) is 0 Å². The van der Waals surface area contributed by atoms with Crippen molar-refractivity contribution in [1.29, 1.82) is 0 Å². The number of carbonyl (C=O) groups is 1. The summed E-state index contributed by atoms with van der Waals surface area (Å²) in [5.74, 6) is 0. The highest BCUT2D eigenvalue weighted by Gasteiger charge is 2.15. The molecule has 0 saturated carbocycles. The predicted molar refractivity (Wildman–Crippen MR) is 91.9 cm³/mol. The van der Waals surface area contributed by atoms with E-state index in [0.717, 1.165) is 0 Å². The number of sulfonamides is 1. The number of rotatable bonds is 3. The number of benzene rings is 2. The van der Waals surface area contributed by atoms with Gasteiger partial charge in [0.15, 0.2) is 0 Å². The molecule has 0 aliphatic heterocycles. The van der Waals surface area contributed by atoms with Crippen molar-refractivity contribution in [2.75, 3.05) is 10.6 Å². The normalized spacial score (nSPS) is 11.1. The van der Waals surface area contributed by atoms with Gasteiger partial charge in [0, 0.05) is 5.69 Å². The average molecular weight is 395 g/mol. The molecule has 0 bridgehead atoms. The van der Waals surface area contributed by atoms with Crippen molar-refractivity contribution in [1.82, 2.24) is 0 Å². The Kier molecular flexibility index (Phi) is 5.38. The van der Waals surface area contributed by atoms with Crippen molar-refractivity contribution in [3.05, 3.63) is 51.5 Å². The van der Waals surface area contributed by atoms with E-state index in [1.54, 1.807) is 6.07 Å².